The van der Waals surface area contributed by atoms with Crippen molar-refractivity contribution >= 4 is 46.0 Å². The van der Waals surface area contributed by atoms with Gasteiger partial charge in [0, 0.05) is 0 Å². The third-order valence-electron chi connectivity index (χ3n) is 3.13. The van der Waals surface area contributed by atoms with Crippen molar-refractivity contribution < 1.29 is 22.0 Å². The third kappa shape index (κ3) is 3.16. The van der Waals surface area contributed by atoms with Crippen molar-refractivity contribution in [2.75, 3.05) is 6.54 Å². The van der Waals surface area contributed by atoms with Gasteiger partial charge in [-0.05, 0) is 17.6 Å². The number of nitriles is 1. The summed E-state index contributed by atoms with van der Waals surface area (Å²) >= 11 is 0. The molecule has 0 radical (unpaired) electrons. The molecule has 2 rings (SSSR count). The van der Waals surface area contributed by atoms with Gasteiger partial charge in [-0.1, -0.05) is 13.8 Å². The van der Waals surface area contributed by atoms with E-state index in [0.29, 0.717) is 5.06 Å². The van der Waals surface area contributed by atoms with Crippen LogP contribution in [-0.4, -0.2) is 77.2 Å². The van der Waals surface area contributed by atoms with Crippen molar-refractivity contribution in [2.45, 2.75) is 25.9 Å². The maximum absolute atomic E-state index is 12.0. The molecule has 0 spiro atoms. The van der Waals surface area contributed by atoms with Crippen molar-refractivity contribution in [3.05, 3.63) is 11.6 Å². The first-order chi connectivity index (χ1) is 8.74. The number of carbonyl (C=O) groups is 1. The minimum atomic E-state index is -4.78. The predicted molar refractivity (Wildman–Crippen MR) is 69.8 cm³/mol. The van der Waals surface area contributed by atoms with E-state index in [1.807, 2.05) is 19.9 Å². The Morgan fingerprint density at radius 3 is 2.60 bits per heavy atom. The van der Waals surface area contributed by atoms with Crippen LogP contribution in [-0.2, 0) is 14.7 Å². The molecule has 1 fully saturated rings. The molecule has 2 aliphatic heterocycles. The number of hydrogen-bond acceptors (Lipinski definition) is 5. The summed E-state index contributed by atoms with van der Waals surface area (Å²) in [6, 6.07) is -0.150. The van der Waals surface area contributed by atoms with Gasteiger partial charge in [0.05, 0.1) is 12.6 Å². The summed E-state index contributed by atoms with van der Waals surface area (Å²) < 4.78 is 34.6. The van der Waals surface area contributed by atoms with E-state index in [-0.39, 0.29) is 42.0 Å². The van der Waals surface area contributed by atoms with E-state index in [2.05, 4.69) is 4.28 Å². The SMILES string of the molecule is CC(C)C1=CC(C#N)N2CC1N(OS(=O)(=O)O)C2=O.[NaH]. The molecular weight excluding hydrogens is 297 g/mol. The Morgan fingerprint density at radius 1 is 1.55 bits per heavy atom. The molecule has 10 heteroatoms. The Hall–Kier alpha value is -0.630. The van der Waals surface area contributed by atoms with E-state index in [9.17, 15) is 13.2 Å². The Balaban J connectivity index is 0.00000200. The zero-order chi connectivity index (χ0) is 14.4. The topological polar surface area (TPSA) is 111 Å². The fraction of sp³-hybridized carbons (Fsp3) is 0.600. The number of rotatable bonds is 3. The second-order valence-electron chi connectivity index (χ2n) is 4.67. The van der Waals surface area contributed by atoms with Gasteiger partial charge in [-0.3, -0.25) is 4.55 Å². The van der Waals surface area contributed by atoms with E-state index >= 15 is 0 Å². The van der Waals surface area contributed by atoms with Gasteiger partial charge in [-0.15, -0.1) is 4.28 Å². The van der Waals surface area contributed by atoms with E-state index in [1.165, 1.54) is 4.90 Å². The molecule has 2 bridgehead atoms. The van der Waals surface area contributed by atoms with E-state index < -0.39 is 28.5 Å². The second-order valence-corrected chi connectivity index (χ2v) is 5.68. The Morgan fingerprint density at radius 2 is 2.15 bits per heavy atom. The molecule has 2 unspecified atom stereocenters. The first kappa shape index (κ1) is 17.4. The molecule has 2 amide bonds. The fourth-order valence-corrected chi connectivity index (χ4v) is 2.70. The first-order valence-corrected chi connectivity index (χ1v) is 6.99. The molecule has 0 aromatic heterocycles. The van der Waals surface area contributed by atoms with Crippen LogP contribution in [0.25, 0.3) is 0 Å². The first-order valence-electron chi connectivity index (χ1n) is 5.62. The third-order valence-corrected chi connectivity index (χ3v) is 3.48. The summed E-state index contributed by atoms with van der Waals surface area (Å²) in [6.45, 7) is 3.89. The molecule has 0 aromatic rings. The number of amides is 2. The molecule has 1 saturated heterocycles. The van der Waals surface area contributed by atoms with Gasteiger partial charge in [-0.25, -0.2) is 4.79 Å². The summed E-state index contributed by atoms with van der Waals surface area (Å²) in [5.74, 6) is 0.0152. The quantitative estimate of drug-likeness (QED) is 0.434. The van der Waals surface area contributed by atoms with Crippen LogP contribution in [0.5, 0.6) is 0 Å². The van der Waals surface area contributed by atoms with Crippen LogP contribution in [0.15, 0.2) is 11.6 Å². The predicted octanol–water partition coefficient (Wildman–Crippen LogP) is -0.333. The van der Waals surface area contributed by atoms with Gasteiger partial charge >= 0.3 is 46.0 Å². The van der Waals surface area contributed by atoms with Crippen LogP contribution in [0.3, 0.4) is 0 Å². The molecule has 1 N–H and O–H groups in total. The number of hydroxylamine groups is 2. The van der Waals surface area contributed by atoms with Crippen LogP contribution in [0, 0.1) is 17.2 Å². The van der Waals surface area contributed by atoms with E-state index in [1.54, 1.807) is 6.08 Å². The number of hydrogen-bond donors (Lipinski definition) is 1. The van der Waals surface area contributed by atoms with Crippen molar-refractivity contribution in [2.24, 2.45) is 5.92 Å². The van der Waals surface area contributed by atoms with E-state index in [4.69, 9.17) is 9.81 Å². The Labute approximate surface area is 139 Å². The molecule has 2 atom stereocenters. The van der Waals surface area contributed by atoms with Gasteiger partial charge in [0.1, 0.15) is 12.1 Å². The summed E-state index contributed by atoms with van der Waals surface area (Å²) in [7, 11) is -4.78. The summed E-state index contributed by atoms with van der Waals surface area (Å²) in [4.78, 5) is 13.2. The summed E-state index contributed by atoms with van der Waals surface area (Å²) in [5, 5.41) is 9.64. The average Bonchev–Trinajstić information content (AvgIpc) is 2.54. The summed E-state index contributed by atoms with van der Waals surface area (Å²) in [5.41, 5.74) is 0.734. The van der Waals surface area contributed by atoms with Crippen molar-refractivity contribution in [1.29, 1.82) is 5.26 Å². The van der Waals surface area contributed by atoms with Crippen LogP contribution < -0.4 is 0 Å². The Bertz CT molecular complexity index is 582. The van der Waals surface area contributed by atoms with Crippen LogP contribution in [0.4, 0.5) is 4.79 Å². The minimum absolute atomic E-state index is 0. The zero-order valence-electron chi connectivity index (χ0n) is 10.3. The number of urea groups is 1. The van der Waals surface area contributed by atoms with E-state index in [0.717, 1.165) is 5.57 Å². The van der Waals surface area contributed by atoms with Gasteiger partial charge in [0.2, 0.25) is 0 Å². The molecule has 106 valence electrons. The monoisotopic (exact) mass is 311 g/mol. The van der Waals surface area contributed by atoms with Crippen LogP contribution in [0.2, 0.25) is 0 Å². The van der Waals surface area contributed by atoms with Crippen molar-refractivity contribution in [1.82, 2.24) is 9.96 Å². The molecule has 0 aromatic carbocycles. The number of carbonyl (C=O) groups excluding carboxylic acids is 1. The van der Waals surface area contributed by atoms with Crippen LogP contribution in [0.1, 0.15) is 13.8 Å². The van der Waals surface area contributed by atoms with Crippen molar-refractivity contribution in [3.63, 3.8) is 0 Å². The van der Waals surface area contributed by atoms with Crippen LogP contribution >= 0.6 is 0 Å². The number of fused-ring (bicyclic) bond motifs is 2. The average molecular weight is 311 g/mol. The van der Waals surface area contributed by atoms with Gasteiger partial charge in [0.15, 0.2) is 0 Å². The fourth-order valence-electron chi connectivity index (χ4n) is 2.32. The molecule has 0 saturated carbocycles. The summed E-state index contributed by atoms with van der Waals surface area (Å²) in [6.07, 6.45) is 1.63. The van der Waals surface area contributed by atoms with Gasteiger partial charge in [-0.2, -0.15) is 18.7 Å². The second kappa shape index (κ2) is 6.01. The van der Waals surface area contributed by atoms with Gasteiger partial charge < -0.3 is 4.90 Å². The number of nitrogens with zero attached hydrogens (tertiary/aromatic N) is 3. The molecule has 0 aliphatic carbocycles. The molecule has 8 nitrogen and oxygen atoms in total. The standard InChI is InChI=1S/C10H13N3O5S.Na.H/c1-6(2)8-3-7(4-11)12-5-9(8)13(10(12)14)18-19(15,16)17;;/h3,6-7,9H,5H2,1-2H3,(H,15,16,17);;. The zero-order valence-corrected chi connectivity index (χ0v) is 11.2. The molecule has 2 heterocycles. The Kier molecular flexibility index (Phi) is 5.23. The molecule has 2 aliphatic rings. The maximum atomic E-state index is 12.0. The molecule has 20 heavy (non-hydrogen) atoms. The molecular formula is C10H14N3NaO5S. The van der Waals surface area contributed by atoms with Crippen molar-refractivity contribution in [3.8, 4) is 6.07 Å². The van der Waals surface area contributed by atoms with Gasteiger partial charge in [0.25, 0.3) is 0 Å². The normalized spacial score (nSPS) is 25.4.